The van der Waals surface area contributed by atoms with Crippen LogP contribution in [-0.2, 0) is 4.74 Å². The molecule has 0 aromatic rings. The summed E-state index contributed by atoms with van der Waals surface area (Å²) in [5.74, 6) is 0. The highest BCUT2D eigenvalue weighted by atomic mass is 16.6. The molecule has 0 saturated carbocycles. The quantitative estimate of drug-likeness (QED) is 0.733. The fraction of sp³-hybridized carbons (Fsp3) is 0.900. The SMILES string of the molecule is C[C@@H](O)C[C@H](C)NC(=O)OC(C)(C)C. The average Bonchev–Trinajstić information content (AvgIpc) is 1.77. The van der Waals surface area contributed by atoms with Crippen molar-refractivity contribution in [1.29, 1.82) is 0 Å². The van der Waals surface area contributed by atoms with Crippen LogP contribution in [0.3, 0.4) is 0 Å². The molecule has 0 aliphatic carbocycles. The van der Waals surface area contributed by atoms with E-state index in [1.807, 2.05) is 27.7 Å². The summed E-state index contributed by atoms with van der Waals surface area (Å²) in [6, 6.07) is -0.0788. The molecule has 1 amide bonds. The minimum atomic E-state index is -0.478. The lowest BCUT2D eigenvalue weighted by Crippen LogP contribution is -2.38. The van der Waals surface area contributed by atoms with Gasteiger partial charge in [-0.05, 0) is 41.0 Å². The van der Waals surface area contributed by atoms with E-state index in [-0.39, 0.29) is 6.04 Å². The molecule has 0 aliphatic heterocycles. The van der Waals surface area contributed by atoms with Crippen molar-refractivity contribution >= 4 is 6.09 Å². The van der Waals surface area contributed by atoms with Crippen molar-refractivity contribution in [2.75, 3.05) is 0 Å². The van der Waals surface area contributed by atoms with E-state index in [0.29, 0.717) is 6.42 Å². The fourth-order valence-electron chi connectivity index (χ4n) is 1.08. The van der Waals surface area contributed by atoms with E-state index in [4.69, 9.17) is 9.84 Å². The maximum Gasteiger partial charge on any atom is 0.407 e. The lowest BCUT2D eigenvalue weighted by molar-refractivity contribution is 0.0493. The van der Waals surface area contributed by atoms with E-state index < -0.39 is 17.8 Å². The lowest BCUT2D eigenvalue weighted by Gasteiger charge is -2.22. The Hall–Kier alpha value is -0.770. The first kappa shape index (κ1) is 13.2. The predicted molar refractivity (Wildman–Crippen MR) is 55.1 cm³/mol. The Morgan fingerprint density at radius 3 is 2.29 bits per heavy atom. The van der Waals surface area contributed by atoms with Crippen molar-refractivity contribution in [3.05, 3.63) is 0 Å². The number of hydrogen-bond acceptors (Lipinski definition) is 3. The van der Waals surface area contributed by atoms with Gasteiger partial charge in [0.15, 0.2) is 0 Å². The van der Waals surface area contributed by atoms with Gasteiger partial charge in [-0.15, -0.1) is 0 Å². The molecule has 2 atom stereocenters. The standard InChI is InChI=1S/C10H21NO3/c1-7(6-8(2)12)11-9(13)14-10(3,4)5/h7-8,12H,6H2,1-5H3,(H,11,13)/t7-,8+/m0/s1. The molecule has 4 heteroatoms. The van der Waals surface area contributed by atoms with Gasteiger partial charge in [-0.3, -0.25) is 0 Å². The molecule has 0 rings (SSSR count). The van der Waals surface area contributed by atoms with Gasteiger partial charge in [0, 0.05) is 6.04 Å². The Bertz CT molecular complexity index is 184. The number of nitrogens with one attached hydrogen (secondary N) is 1. The molecule has 4 nitrogen and oxygen atoms in total. The topological polar surface area (TPSA) is 58.6 Å². The molecule has 0 aromatic heterocycles. The number of ether oxygens (including phenoxy) is 1. The predicted octanol–water partition coefficient (Wildman–Crippen LogP) is 1.67. The maximum atomic E-state index is 11.2. The van der Waals surface area contributed by atoms with Gasteiger partial charge in [-0.1, -0.05) is 0 Å². The van der Waals surface area contributed by atoms with Crippen LogP contribution < -0.4 is 5.32 Å². The summed E-state index contributed by atoms with van der Waals surface area (Å²) < 4.78 is 5.06. The van der Waals surface area contributed by atoms with Gasteiger partial charge in [0.05, 0.1) is 6.10 Å². The minimum Gasteiger partial charge on any atom is -0.444 e. The van der Waals surface area contributed by atoms with E-state index in [1.165, 1.54) is 0 Å². The summed E-state index contributed by atoms with van der Waals surface area (Å²) in [5.41, 5.74) is -0.478. The van der Waals surface area contributed by atoms with Crippen LogP contribution in [0.25, 0.3) is 0 Å². The molecule has 0 heterocycles. The van der Waals surface area contributed by atoms with Crippen molar-refractivity contribution in [1.82, 2.24) is 5.32 Å². The van der Waals surface area contributed by atoms with Crippen LogP contribution in [0.1, 0.15) is 41.0 Å². The Labute approximate surface area is 85.6 Å². The summed E-state index contributed by atoms with van der Waals surface area (Å²) in [7, 11) is 0. The molecule has 0 radical (unpaired) electrons. The monoisotopic (exact) mass is 203 g/mol. The Balaban J connectivity index is 3.83. The highest BCUT2D eigenvalue weighted by molar-refractivity contribution is 5.67. The van der Waals surface area contributed by atoms with Crippen LogP contribution in [0, 0.1) is 0 Å². The summed E-state index contributed by atoms with van der Waals surface area (Å²) in [6.07, 6.45) is -0.329. The van der Waals surface area contributed by atoms with E-state index in [0.717, 1.165) is 0 Å². The van der Waals surface area contributed by atoms with Gasteiger partial charge in [0.1, 0.15) is 5.60 Å². The third-order valence-electron chi connectivity index (χ3n) is 1.46. The molecule has 14 heavy (non-hydrogen) atoms. The van der Waals surface area contributed by atoms with Crippen molar-refractivity contribution in [2.24, 2.45) is 0 Å². The molecule has 2 N–H and O–H groups in total. The van der Waals surface area contributed by atoms with Crippen molar-refractivity contribution in [2.45, 2.75) is 58.8 Å². The zero-order valence-electron chi connectivity index (χ0n) is 9.63. The number of aliphatic hydroxyl groups excluding tert-OH is 1. The molecule has 0 spiro atoms. The molecule has 0 saturated heterocycles. The first-order valence-corrected chi connectivity index (χ1v) is 4.88. The molecule has 0 aliphatic rings. The molecule has 0 aromatic carbocycles. The first-order chi connectivity index (χ1) is 6.20. The van der Waals surface area contributed by atoms with Crippen LogP contribution in [0.2, 0.25) is 0 Å². The number of carbonyl (C=O) groups excluding carboxylic acids is 1. The average molecular weight is 203 g/mol. The first-order valence-electron chi connectivity index (χ1n) is 4.88. The van der Waals surface area contributed by atoms with Gasteiger partial charge in [-0.2, -0.15) is 0 Å². The van der Waals surface area contributed by atoms with Gasteiger partial charge in [-0.25, -0.2) is 4.79 Å². The summed E-state index contributed by atoms with van der Waals surface area (Å²) in [5, 5.41) is 11.7. The normalized spacial score (nSPS) is 15.9. The highest BCUT2D eigenvalue weighted by Crippen LogP contribution is 2.07. The number of alkyl carbamates (subject to hydrolysis) is 1. The number of hydrogen-bond donors (Lipinski definition) is 2. The summed E-state index contributed by atoms with van der Waals surface area (Å²) >= 11 is 0. The largest absolute Gasteiger partial charge is 0.444 e. The van der Waals surface area contributed by atoms with Crippen LogP contribution in [0.4, 0.5) is 4.79 Å². The van der Waals surface area contributed by atoms with E-state index >= 15 is 0 Å². The second kappa shape index (κ2) is 5.20. The highest BCUT2D eigenvalue weighted by Gasteiger charge is 2.17. The molecule has 0 fully saturated rings. The lowest BCUT2D eigenvalue weighted by atomic mass is 10.1. The smallest absolute Gasteiger partial charge is 0.407 e. The van der Waals surface area contributed by atoms with Crippen molar-refractivity contribution in [3.8, 4) is 0 Å². The third kappa shape index (κ3) is 7.86. The summed E-state index contributed by atoms with van der Waals surface area (Å²) in [4.78, 5) is 11.2. The molecule has 0 unspecified atom stereocenters. The minimum absolute atomic E-state index is 0.0788. The Kier molecular flexibility index (Phi) is 4.91. The van der Waals surface area contributed by atoms with Crippen molar-refractivity contribution < 1.29 is 14.6 Å². The van der Waals surface area contributed by atoms with Gasteiger partial charge in [0.25, 0.3) is 0 Å². The van der Waals surface area contributed by atoms with E-state index in [1.54, 1.807) is 6.92 Å². The van der Waals surface area contributed by atoms with E-state index in [9.17, 15) is 4.79 Å². The number of carbonyl (C=O) groups is 1. The van der Waals surface area contributed by atoms with Crippen LogP contribution in [0.15, 0.2) is 0 Å². The molecular weight excluding hydrogens is 182 g/mol. The van der Waals surface area contributed by atoms with Crippen LogP contribution >= 0.6 is 0 Å². The van der Waals surface area contributed by atoms with Crippen LogP contribution in [0.5, 0.6) is 0 Å². The second-order valence-corrected chi connectivity index (χ2v) is 4.63. The Morgan fingerprint density at radius 1 is 1.43 bits per heavy atom. The number of aliphatic hydroxyl groups is 1. The molecule has 0 bridgehead atoms. The maximum absolute atomic E-state index is 11.2. The molecular formula is C10H21NO3. The summed E-state index contributed by atoms with van der Waals surface area (Å²) in [6.45, 7) is 8.95. The van der Waals surface area contributed by atoms with Gasteiger partial charge >= 0.3 is 6.09 Å². The van der Waals surface area contributed by atoms with E-state index in [2.05, 4.69) is 5.32 Å². The van der Waals surface area contributed by atoms with Crippen LogP contribution in [-0.4, -0.2) is 28.9 Å². The zero-order valence-corrected chi connectivity index (χ0v) is 9.63. The number of rotatable bonds is 3. The Morgan fingerprint density at radius 2 is 1.93 bits per heavy atom. The van der Waals surface area contributed by atoms with Gasteiger partial charge in [0.2, 0.25) is 0 Å². The second-order valence-electron chi connectivity index (χ2n) is 4.63. The fourth-order valence-corrected chi connectivity index (χ4v) is 1.08. The zero-order chi connectivity index (χ0) is 11.4. The third-order valence-corrected chi connectivity index (χ3v) is 1.46. The van der Waals surface area contributed by atoms with Gasteiger partial charge < -0.3 is 15.2 Å². The number of amides is 1. The van der Waals surface area contributed by atoms with Crippen molar-refractivity contribution in [3.63, 3.8) is 0 Å². The molecule has 84 valence electrons.